The van der Waals surface area contributed by atoms with Gasteiger partial charge in [-0.1, -0.05) is 43.3 Å². The van der Waals surface area contributed by atoms with Crippen molar-refractivity contribution in [2.24, 2.45) is 0 Å². The van der Waals surface area contributed by atoms with Gasteiger partial charge in [-0.15, -0.1) is 0 Å². The first-order valence-electron chi connectivity index (χ1n) is 9.44. The minimum absolute atomic E-state index is 0.0682. The number of hydrogen-bond acceptors (Lipinski definition) is 4. The first-order chi connectivity index (χ1) is 14.2. The van der Waals surface area contributed by atoms with Crippen molar-refractivity contribution in [1.29, 1.82) is 0 Å². The van der Waals surface area contributed by atoms with E-state index in [1.165, 1.54) is 6.20 Å². The number of nitrogens with zero attached hydrogens (tertiary/aromatic N) is 1. The number of benzene rings is 2. The maximum absolute atomic E-state index is 12.4. The first kappa shape index (κ1) is 20.1. The summed E-state index contributed by atoms with van der Waals surface area (Å²) in [5.74, 6) is 0.231. The second kappa shape index (κ2) is 10.0. The van der Waals surface area contributed by atoms with Crippen molar-refractivity contribution in [2.75, 3.05) is 11.9 Å². The van der Waals surface area contributed by atoms with Crippen LogP contribution in [0.1, 0.15) is 28.4 Å². The highest BCUT2D eigenvalue weighted by Gasteiger charge is 2.10. The Morgan fingerprint density at radius 3 is 2.48 bits per heavy atom. The van der Waals surface area contributed by atoms with Gasteiger partial charge in [-0.2, -0.15) is 0 Å². The van der Waals surface area contributed by atoms with E-state index in [-0.39, 0.29) is 25.0 Å². The number of aryl methyl sites for hydroxylation is 1. The monoisotopic (exact) mass is 389 g/mol. The average molecular weight is 389 g/mol. The van der Waals surface area contributed by atoms with E-state index in [9.17, 15) is 9.59 Å². The molecule has 0 atom stereocenters. The maximum Gasteiger partial charge on any atom is 0.258 e. The molecule has 3 rings (SSSR count). The van der Waals surface area contributed by atoms with E-state index in [0.717, 1.165) is 17.5 Å². The number of anilines is 1. The molecule has 0 spiro atoms. The van der Waals surface area contributed by atoms with Crippen LogP contribution in [0, 0.1) is 0 Å². The molecular formula is C23H23N3O3. The van der Waals surface area contributed by atoms with Crippen molar-refractivity contribution in [1.82, 2.24) is 10.3 Å². The number of para-hydroxylation sites is 2. The quantitative estimate of drug-likeness (QED) is 0.617. The molecule has 6 nitrogen and oxygen atoms in total. The molecule has 0 aliphatic carbocycles. The van der Waals surface area contributed by atoms with Crippen molar-refractivity contribution in [2.45, 2.75) is 19.9 Å². The van der Waals surface area contributed by atoms with E-state index in [1.54, 1.807) is 24.4 Å². The zero-order valence-electron chi connectivity index (χ0n) is 16.2. The molecule has 0 aliphatic rings. The Morgan fingerprint density at radius 1 is 0.966 bits per heavy atom. The van der Waals surface area contributed by atoms with Gasteiger partial charge in [-0.25, -0.2) is 0 Å². The third-order valence-corrected chi connectivity index (χ3v) is 4.38. The molecule has 0 saturated heterocycles. The summed E-state index contributed by atoms with van der Waals surface area (Å²) < 4.78 is 5.64. The fraction of sp³-hybridized carbons (Fsp3) is 0.174. The third kappa shape index (κ3) is 5.65. The Balaban J connectivity index is 1.56. The van der Waals surface area contributed by atoms with E-state index in [1.807, 2.05) is 49.4 Å². The minimum Gasteiger partial charge on any atom is -0.483 e. The molecule has 0 aliphatic heterocycles. The molecule has 0 saturated carbocycles. The molecule has 2 amide bonds. The SMILES string of the molecule is CCc1ccccc1OCC(=O)NCc1ccccc1NC(=O)c1cccnc1. The van der Waals surface area contributed by atoms with Crippen molar-refractivity contribution >= 4 is 17.5 Å². The van der Waals surface area contributed by atoms with Crippen LogP contribution in [0.2, 0.25) is 0 Å². The van der Waals surface area contributed by atoms with Crippen LogP contribution >= 0.6 is 0 Å². The number of hydrogen-bond donors (Lipinski definition) is 2. The fourth-order valence-electron chi connectivity index (χ4n) is 2.81. The highest BCUT2D eigenvalue weighted by Crippen LogP contribution is 2.18. The van der Waals surface area contributed by atoms with Crippen LogP contribution in [-0.4, -0.2) is 23.4 Å². The van der Waals surface area contributed by atoms with Crippen LogP contribution in [0.3, 0.4) is 0 Å². The smallest absolute Gasteiger partial charge is 0.258 e. The number of amides is 2. The van der Waals surface area contributed by atoms with Gasteiger partial charge in [0.15, 0.2) is 6.61 Å². The topological polar surface area (TPSA) is 80.3 Å². The van der Waals surface area contributed by atoms with Gasteiger partial charge < -0.3 is 15.4 Å². The van der Waals surface area contributed by atoms with Crippen LogP contribution in [0.5, 0.6) is 5.75 Å². The molecule has 1 aromatic heterocycles. The van der Waals surface area contributed by atoms with Crippen molar-refractivity contribution in [3.63, 3.8) is 0 Å². The number of ether oxygens (including phenoxy) is 1. The zero-order valence-corrected chi connectivity index (χ0v) is 16.2. The molecular weight excluding hydrogens is 366 g/mol. The van der Waals surface area contributed by atoms with Crippen LogP contribution in [-0.2, 0) is 17.8 Å². The molecule has 0 bridgehead atoms. The summed E-state index contributed by atoms with van der Waals surface area (Å²) in [7, 11) is 0. The number of aromatic nitrogens is 1. The van der Waals surface area contributed by atoms with Gasteiger partial charge >= 0.3 is 0 Å². The van der Waals surface area contributed by atoms with Gasteiger partial charge in [0, 0.05) is 24.6 Å². The van der Waals surface area contributed by atoms with Gasteiger partial charge in [0.2, 0.25) is 0 Å². The largest absolute Gasteiger partial charge is 0.483 e. The maximum atomic E-state index is 12.4. The molecule has 2 N–H and O–H groups in total. The number of pyridine rings is 1. The summed E-state index contributed by atoms with van der Waals surface area (Å²) in [4.78, 5) is 28.5. The van der Waals surface area contributed by atoms with Crippen molar-refractivity contribution < 1.29 is 14.3 Å². The molecule has 3 aromatic rings. The molecule has 0 unspecified atom stereocenters. The Hall–Kier alpha value is -3.67. The molecule has 1 heterocycles. The van der Waals surface area contributed by atoms with E-state index in [2.05, 4.69) is 15.6 Å². The van der Waals surface area contributed by atoms with Crippen LogP contribution in [0.15, 0.2) is 73.1 Å². The summed E-state index contributed by atoms with van der Waals surface area (Å²) >= 11 is 0. The molecule has 29 heavy (non-hydrogen) atoms. The number of rotatable bonds is 8. The van der Waals surface area contributed by atoms with Crippen molar-refractivity contribution in [3.05, 3.63) is 89.7 Å². The van der Waals surface area contributed by atoms with Gasteiger partial charge in [0.25, 0.3) is 11.8 Å². The van der Waals surface area contributed by atoms with Crippen LogP contribution < -0.4 is 15.4 Å². The Labute approximate surface area is 169 Å². The summed E-state index contributed by atoms with van der Waals surface area (Å²) in [6, 6.07) is 18.4. The highest BCUT2D eigenvalue weighted by atomic mass is 16.5. The highest BCUT2D eigenvalue weighted by molar-refractivity contribution is 6.04. The van der Waals surface area contributed by atoms with Crippen molar-refractivity contribution in [3.8, 4) is 5.75 Å². The standard InChI is InChI=1S/C23H23N3O3/c1-2-17-8-4-6-12-21(17)29-16-22(27)25-15-18-9-3-5-11-20(18)26-23(28)19-10-7-13-24-14-19/h3-14H,2,15-16H2,1H3,(H,25,27)(H,26,28). The molecule has 6 heteroatoms. The predicted octanol–water partition coefficient (Wildman–Crippen LogP) is 3.59. The molecule has 0 fully saturated rings. The molecule has 148 valence electrons. The number of carbonyl (C=O) groups excluding carboxylic acids is 2. The summed E-state index contributed by atoms with van der Waals surface area (Å²) in [5, 5.41) is 5.69. The lowest BCUT2D eigenvalue weighted by molar-refractivity contribution is -0.123. The van der Waals surface area contributed by atoms with E-state index >= 15 is 0 Å². The summed E-state index contributed by atoms with van der Waals surface area (Å²) in [6.45, 7) is 2.25. The van der Waals surface area contributed by atoms with E-state index in [4.69, 9.17) is 4.74 Å². The first-order valence-corrected chi connectivity index (χ1v) is 9.44. The lowest BCUT2D eigenvalue weighted by atomic mass is 10.1. The fourth-order valence-corrected chi connectivity index (χ4v) is 2.81. The Kier molecular flexibility index (Phi) is 6.95. The summed E-state index contributed by atoms with van der Waals surface area (Å²) in [5.41, 5.74) is 2.96. The minimum atomic E-state index is -0.253. The zero-order chi connectivity index (χ0) is 20.5. The number of nitrogens with one attached hydrogen (secondary N) is 2. The normalized spacial score (nSPS) is 10.2. The molecule has 0 radical (unpaired) electrons. The number of carbonyl (C=O) groups is 2. The van der Waals surface area contributed by atoms with Gasteiger partial charge in [-0.05, 0) is 41.8 Å². The second-order valence-corrected chi connectivity index (χ2v) is 6.38. The molecule has 2 aromatic carbocycles. The average Bonchev–Trinajstić information content (AvgIpc) is 2.77. The van der Waals surface area contributed by atoms with E-state index < -0.39 is 0 Å². The van der Waals surface area contributed by atoms with Gasteiger partial charge in [0.05, 0.1) is 5.56 Å². The van der Waals surface area contributed by atoms with Crippen LogP contribution in [0.25, 0.3) is 0 Å². The Morgan fingerprint density at radius 2 is 1.72 bits per heavy atom. The van der Waals surface area contributed by atoms with E-state index in [0.29, 0.717) is 17.0 Å². The lowest BCUT2D eigenvalue weighted by Crippen LogP contribution is -2.29. The predicted molar refractivity (Wildman–Crippen MR) is 112 cm³/mol. The van der Waals surface area contributed by atoms with Crippen LogP contribution in [0.4, 0.5) is 5.69 Å². The Bertz CT molecular complexity index is 974. The van der Waals surface area contributed by atoms with Gasteiger partial charge in [-0.3, -0.25) is 14.6 Å². The lowest BCUT2D eigenvalue weighted by Gasteiger charge is -2.13. The second-order valence-electron chi connectivity index (χ2n) is 6.38. The third-order valence-electron chi connectivity index (χ3n) is 4.38. The summed E-state index contributed by atoms with van der Waals surface area (Å²) in [6.07, 6.45) is 3.95. The van der Waals surface area contributed by atoms with Gasteiger partial charge in [0.1, 0.15) is 5.75 Å².